The van der Waals surface area contributed by atoms with Gasteiger partial charge in [-0.15, -0.1) is 11.3 Å². The highest BCUT2D eigenvalue weighted by atomic mass is 32.2. The van der Waals surface area contributed by atoms with Crippen LogP contribution < -0.4 is 4.72 Å². The van der Waals surface area contributed by atoms with E-state index in [-0.39, 0.29) is 17.9 Å². The zero-order chi connectivity index (χ0) is 14.6. The second-order valence-corrected chi connectivity index (χ2v) is 6.74. The van der Waals surface area contributed by atoms with Crippen LogP contribution in [0.15, 0.2) is 40.9 Å². The van der Waals surface area contributed by atoms with Crippen molar-refractivity contribution in [3.05, 3.63) is 46.4 Å². The molecule has 0 bridgehead atoms. The quantitative estimate of drug-likeness (QED) is 0.837. The Bertz CT molecular complexity index is 679. The first-order valence-corrected chi connectivity index (χ1v) is 8.01. The lowest BCUT2D eigenvalue weighted by Gasteiger charge is -2.06. The van der Waals surface area contributed by atoms with Gasteiger partial charge in [0.1, 0.15) is 0 Å². The molecule has 2 aromatic rings. The highest BCUT2D eigenvalue weighted by Crippen LogP contribution is 2.12. The number of carboxylic acids is 1. The topological polar surface area (TPSA) is 96.4 Å². The first kappa shape index (κ1) is 14.6. The lowest BCUT2D eigenvalue weighted by molar-refractivity contribution is -0.136. The van der Waals surface area contributed by atoms with E-state index in [9.17, 15) is 13.2 Å². The average Bonchev–Trinajstić information content (AvgIpc) is 2.89. The van der Waals surface area contributed by atoms with Crippen molar-refractivity contribution in [2.45, 2.75) is 17.9 Å². The maximum Gasteiger partial charge on any atom is 0.307 e. The number of carbonyl (C=O) groups is 1. The van der Waals surface area contributed by atoms with E-state index >= 15 is 0 Å². The van der Waals surface area contributed by atoms with Crippen LogP contribution in [0.1, 0.15) is 10.4 Å². The zero-order valence-corrected chi connectivity index (χ0v) is 11.9. The normalized spacial score (nSPS) is 11.4. The fourth-order valence-corrected chi connectivity index (χ4v) is 3.17. The minimum Gasteiger partial charge on any atom is -0.481 e. The molecule has 0 aliphatic rings. The summed E-state index contributed by atoms with van der Waals surface area (Å²) in [7, 11) is -3.60. The molecule has 1 heterocycles. The smallest absolute Gasteiger partial charge is 0.307 e. The van der Waals surface area contributed by atoms with E-state index in [0.29, 0.717) is 5.56 Å². The Morgan fingerprint density at radius 3 is 2.55 bits per heavy atom. The number of hydrogen-bond donors (Lipinski definition) is 2. The van der Waals surface area contributed by atoms with Crippen LogP contribution in [0.3, 0.4) is 0 Å². The van der Waals surface area contributed by atoms with Crippen molar-refractivity contribution in [3.63, 3.8) is 0 Å². The number of thiazole rings is 1. The van der Waals surface area contributed by atoms with Crippen molar-refractivity contribution >= 4 is 27.3 Å². The van der Waals surface area contributed by atoms with Gasteiger partial charge in [0.05, 0.1) is 16.8 Å². The maximum atomic E-state index is 12.0. The van der Waals surface area contributed by atoms with E-state index < -0.39 is 16.0 Å². The van der Waals surface area contributed by atoms with Gasteiger partial charge in [-0.2, -0.15) is 0 Å². The number of nitrogens with zero attached hydrogens (tertiary/aromatic N) is 1. The van der Waals surface area contributed by atoms with Gasteiger partial charge in [-0.05, 0) is 17.7 Å². The number of sulfonamides is 1. The lowest BCUT2D eigenvalue weighted by Crippen LogP contribution is -2.22. The van der Waals surface area contributed by atoms with Crippen LogP contribution in [-0.4, -0.2) is 24.5 Å². The van der Waals surface area contributed by atoms with E-state index in [2.05, 4.69) is 9.71 Å². The molecule has 0 fully saturated rings. The molecule has 8 heteroatoms. The van der Waals surface area contributed by atoms with Crippen LogP contribution in [0.2, 0.25) is 0 Å². The number of hydrogen-bond acceptors (Lipinski definition) is 5. The molecule has 0 saturated carbocycles. The summed E-state index contributed by atoms with van der Waals surface area (Å²) in [5.41, 5.74) is 2.18. The fraction of sp³-hybridized carbons (Fsp3) is 0.167. The van der Waals surface area contributed by atoms with Crippen LogP contribution >= 0.6 is 11.3 Å². The Balaban J connectivity index is 2.07. The fourth-order valence-electron chi connectivity index (χ4n) is 1.54. The Labute approximate surface area is 120 Å². The summed E-state index contributed by atoms with van der Waals surface area (Å²) in [6, 6.07) is 5.78. The van der Waals surface area contributed by atoms with Gasteiger partial charge in [0, 0.05) is 17.6 Å². The summed E-state index contributed by atoms with van der Waals surface area (Å²) >= 11 is 1.36. The van der Waals surface area contributed by atoms with E-state index in [1.807, 2.05) is 0 Å². The third kappa shape index (κ3) is 3.86. The molecular formula is C12H12N2O4S2. The number of nitrogens with one attached hydrogen (secondary N) is 1. The first-order chi connectivity index (χ1) is 9.47. The van der Waals surface area contributed by atoms with E-state index in [0.717, 1.165) is 4.88 Å². The number of carboxylic acid groups (broad SMARTS) is 1. The van der Waals surface area contributed by atoms with Crippen molar-refractivity contribution in [2.24, 2.45) is 0 Å². The van der Waals surface area contributed by atoms with Crippen molar-refractivity contribution in [1.29, 1.82) is 0 Å². The van der Waals surface area contributed by atoms with Crippen LogP contribution in [0.5, 0.6) is 0 Å². The van der Waals surface area contributed by atoms with Gasteiger partial charge in [0.15, 0.2) is 0 Å². The van der Waals surface area contributed by atoms with Crippen molar-refractivity contribution in [1.82, 2.24) is 9.71 Å². The van der Waals surface area contributed by atoms with E-state index in [1.165, 1.54) is 35.6 Å². The monoisotopic (exact) mass is 312 g/mol. The second-order valence-electron chi connectivity index (χ2n) is 4.01. The predicted octanol–water partition coefficient (Wildman–Crippen LogP) is 1.25. The molecule has 6 nitrogen and oxygen atoms in total. The number of rotatable bonds is 6. The molecule has 0 saturated heterocycles. The van der Waals surface area contributed by atoms with Crippen molar-refractivity contribution in [3.8, 4) is 0 Å². The molecule has 2 N–H and O–H groups in total. The highest BCUT2D eigenvalue weighted by molar-refractivity contribution is 7.89. The Kier molecular flexibility index (Phi) is 4.48. The minimum atomic E-state index is -3.60. The van der Waals surface area contributed by atoms with Gasteiger partial charge in [-0.25, -0.2) is 13.1 Å². The molecule has 0 aliphatic heterocycles. The van der Waals surface area contributed by atoms with E-state index in [1.54, 1.807) is 11.7 Å². The van der Waals surface area contributed by atoms with Gasteiger partial charge in [-0.3, -0.25) is 9.78 Å². The largest absolute Gasteiger partial charge is 0.481 e. The van der Waals surface area contributed by atoms with Crippen LogP contribution in [0.4, 0.5) is 0 Å². The summed E-state index contributed by atoms with van der Waals surface area (Å²) in [5.74, 6) is -0.955. The van der Waals surface area contributed by atoms with Crippen molar-refractivity contribution in [2.75, 3.05) is 0 Å². The Morgan fingerprint density at radius 2 is 2.00 bits per heavy atom. The molecule has 0 atom stereocenters. The number of aliphatic carboxylic acids is 1. The predicted molar refractivity (Wildman–Crippen MR) is 73.9 cm³/mol. The Hall–Kier alpha value is -1.77. The highest BCUT2D eigenvalue weighted by Gasteiger charge is 2.14. The summed E-state index contributed by atoms with van der Waals surface area (Å²) in [6.07, 6.45) is 1.47. The molecule has 2 rings (SSSR count). The molecule has 0 unspecified atom stereocenters. The molecule has 0 spiro atoms. The van der Waals surface area contributed by atoms with Gasteiger partial charge < -0.3 is 5.11 Å². The molecule has 1 aromatic carbocycles. The molecule has 0 radical (unpaired) electrons. The molecule has 20 heavy (non-hydrogen) atoms. The summed E-state index contributed by atoms with van der Waals surface area (Å²) in [4.78, 5) is 15.3. The molecule has 106 valence electrons. The first-order valence-electron chi connectivity index (χ1n) is 5.65. The van der Waals surface area contributed by atoms with Gasteiger partial charge >= 0.3 is 5.97 Å². The lowest BCUT2D eigenvalue weighted by atomic mass is 10.2. The van der Waals surface area contributed by atoms with Crippen LogP contribution in [0.25, 0.3) is 0 Å². The standard InChI is InChI=1S/C12H12N2O4S2/c15-12(16)5-9-1-3-11(4-2-9)20(17,18)14-7-10-6-13-8-19-10/h1-4,6,8,14H,5,7H2,(H,15,16). The number of benzene rings is 1. The molecule has 1 aromatic heterocycles. The summed E-state index contributed by atoms with van der Waals surface area (Å²) < 4.78 is 26.5. The molecule has 0 aliphatic carbocycles. The zero-order valence-electron chi connectivity index (χ0n) is 10.3. The summed E-state index contributed by atoms with van der Waals surface area (Å²) in [6.45, 7) is 0.184. The number of aromatic nitrogens is 1. The maximum absolute atomic E-state index is 12.0. The van der Waals surface area contributed by atoms with Crippen molar-refractivity contribution < 1.29 is 18.3 Å². The second kappa shape index (κ2) is 6.12. The van der Waals surface area contributed by atoms with Gasteiger partial charge in [-0.1, -0.05) is 12.1 Å². The third-order valence-electron chi connectivity index (χ3n) is 2.51. The molecule has 0 amide bonds. The minimum absolute atomic E-state index is 0.108. The SMILES string of the molecule is O=C(O)Cc1ccc(S(=O)(=O)NCc2cncs2)cc1. The Morgan fingerprint density at radius 1 is 1.30 bits per heavy atom. The van der Waals surface area contributed by atoms with Gasteiger partial charge in [0.25, 0.3) is 0 Å². The molecular weight excluding hydrogens is 300 g/mol. The van der Waals surface area contributed by atoms with Gasteiger partial charge in [0.2, 0.25) is 10.0 Å². The van der Waals surface area contributed by atoms with Crippen LogP contribution in [0, 0.1) is 0 Å². The third-order valence-corrected chi connectivity index (χ3v) is 4.71. The van der Waals surface area contributed by atoms with Crippen LogP contribution in [-0.2, 0) is 27.8 Å². The van der Waals surface area contributed by atoms with E-state index in [4.69, 9.17) is 5.11 Å². The average molecular weight is 312 g/mol. The summed E-state index contributed by atoms with van der Waals surface area (Å²) in [5, 5.41) is 8.65.